The second-order valence-electron chi connectivity index (χ2n) is 6.02. The average Bonchev–Trinajstić information content (AvgIpc) is 3.09. The Morgan fingerprint density at radius 3 is 2.50 bits per heavy atom. The molecule has 2 aliphatic carbocycles. The number of hydrogen-bond donors (Lipinski definition) is 2. The average molecular weight is 245 g/mol. The lowest BCUT2D eigenvalue weighted by molar-refractivity contribution is 0.254. The Bertz CT molecular complexity index is 469. The Kier molecular flexibility index (Phi) is 2.77. The summed E-state index contributed by atoms with van der Waals surface area (Å²) in [4.78, 5) is 2.27. The van der Waals surface area contributed by atoms with Crippen molar-refractivity contribution in [3.63, 3.8) is 0 Å². The molecule has 1 saturated carbocycles. The molecule has 1 spiro atoms. The summed E-state index contributed by atoms with van der Waals surface area (Å²) in [6, 6.07) is 6.43. The highest BCUT2D eigenvalue weighted by Crippen LogP contribution is 2.57. The van der Waals surface area contributed by atoms with Crippen LogP contribution in [0.3, 0.4) is 0 Å². The number of hydrogen-bond acceptors (Lipinski definition) is 3. The fourth-order valence-corrected chi connectivity index (χ4v) is 3.39. The molecule has 3 rings (SSSR count). The fourth-order valence-electron chi connectivity index (χ4n) is 3.39. The molecule has 0 amide bonds. The van der Waals surface area contributed by atoms with E-state index >= 15 is 0 Å². The van der Waals surface area contributed by atoms with Crippen LogP contribution in [-0.4, -0.2) is 36.2 Å². The molecule has 2 N–H and O–H groups in total. The van der Waals surface area contributed by atoms with E-state index in [1.54, 1.807) is 0 Å². The maximum absolute atomic E-state index is 9.34. The minimum Gasteiger partial charge on any atom is -0.423 e. The second-order valence-corrected chi connectivity index (χ2v) is 6.02. The lowest BCUT2D eigenvalue weighted by Gasteiger charge is -2.36. The Morgan fingerprint density at radius 2 is 1.94 bits per heavy atom. The lowest BCUT2D eigenvalue weighted by Crippen LogP contribution is -2.34. The van der Waals surface area contributed by atoms with Gasteiger partial charge < -0.3 is 14.9 Å². The predicted octanol–water partition coefficient (Wildman–Crippen LogP) is 0.794. The van der Waals surface area contributed by atoms with E-state index in [0.717, 1.165) is 0 Å². The molecule has 1 aromatic carbocycles. The van der Waals surface area contributed by atoms with Gasteiger partial charge in [0.05, 0.1) is 0 Å². The van der Waals surface area contributed by atoms with E-state index < -0.39 is 7.12 Å². The van der Waals surface area contributed by atoms with Crippen LogP contribution < -0.4 is 5.46 Å². The molecule has 0 aromatic heterocycles. The van der Waals surface area contributed by atoms with Gasteiger partial charge in [-0.15, -0.1) is 0 Å². The highest BCUT2D eigenvalue weighted by atomic mass is 16.4. The zero-order valence-corrected chi connectivity index (χ0v) is 11.1. The third-order valence-electron chi connectivity index (χ3n) is 4.68. The molecule has 1 aromatic rings. The van der Waals surface area contributed by atoms with Crippen molar-refractivity contribution in [2.75, 3.05) is 14.1 Å². The highest BCUT2D eigenvalue weighted by molar-refractivity contribution is 6.58. The molecule has 0 bridgehead atoms. The smallest absolute Gasteiger partial charge is 0.423 e. The molecule has 0 heterocycles. The third-order valence-corrected chi connectivity index (χ3v) is 4.68. The summed E-state index contributed by atoms with van der Waals surface area (Å²) in [6.07, 6.45) is 4.95. The molecule has 3 nitrogen and oxygen atoms in total. The summed E-state index contributed by atoms with van der Waals surface area (Å²) in [7, 11) is 2.88. The van der Waals surface area contributed by atoms with Crippen LogP contribution in [0.25, 0.3) is 0 Å². The van der Waals surface area contributed by atoms with Gasteiger partial charge in [-0.05, 0) is 61.8 Å². The first-order valence-electron chi connectivity index (χ1n) is 6.70. The summed E-state index contributed by atoms with van der Waals surface area (Å²) in [5, 5.41) is 18.7. The van der Waals surface area contributed by atoms with E-state index in [1.807, 2.05) is 12.1 Å². The number of benzene rings is 1. The van der Waals surface area contributed by atoms with Crippen LogP contribution in [0.5, 0.6) is 0 Å². The SMILES string of the molecule is CN(C)C1CCC2(CC2)c2cc(B(O)O)ccc21. The van der Waals surface area contributed by atoms with Crippen molar-refractivity contribution in [3.05, 3.63) is 29.3 Å². The van der Waals surface area contributed by atoms with Gasteiger partial charge in [0, 0.05) is 6.04 Å². The molecule has 96 valence electrons. The zero-order valence-electron chi connectivity index (χ0n) is 11.1. The van der Waals surface area contributed by atoms with Gasteiger partial charge in [0.2, 0.25) is 0 Å². The Balaban J connectivity index is 2.08. The molecule has 18 heavy (non-hydrogen) atoms. The van der Waals surface area contributed by atoms with Gasteiger partial charge in [0.15, 0.2) is 0 Å². The van der Waals surface area contributed by atoms with Gasteiger partial charge >= 0.3 is 7.12 Å². The van der Waals surface area contributed by atoms with Crippen molar-refractivity contribution in [3.8, 4) is 0 Å². The Labute approximate surface area is 109 Å². The normalized spacial score (nSPS) is 24.2. The molecular formula is C14H20BNO2. The Hall–Kier alpha value is -0.835. The lowest BCUT2D eigenvalue weighted by atomic mass is 9.72. The number of nitrogens with zero attached hydrogens (tertiary/aromatic N) is 1. The van der Waals surface area contributed by atoms with Crippen molar-refractivity contribution >= 4 is 12.6 Å². The largest absolute Gasteiger partial charge is 0.488 e. The molecule has 4 heteroatoms. The van der Waals surface area contributed by atoms with E-state index in [4.69, 9.17) is 0 Å². The summed E-state index contributed by atoms with van der Waals surface area (Å²) >= 11 is 0. The van der Waals surface area contributed by atoms with Crippen LogP contribution in [0.15, 0.2) is 18.2 Å². The first kappa shape index (κ1) is 12.2. The predicted molar refractivity (Wildman–Crippen MR) is 72.8 cm³/mol. The van der Waals surface area contributed by atoms with Gasteiger partial charge in [-0.3, -0.25) is 0 Å². The topological polar surface area (TPSA) is 43.7 Å². The molecule has 1 unspecified atom stereocenters. The van der Waals surface area contributed by atoms with Crippen LogP contribution in [0.4, 0.5) is 0 Å². The van der Waals surface area contributed by atoms with Gasteiger partial charge in [-0.25, -0.2) is 0 Å². The number of rotatable bonds is 2. The first-order chi connectivity index (χ1) is 8.53. The van der Waals surface area contributed by atoms with Crippen LogP contribution in [0.1, 0.15) is 42.9 Å². The van der Waals surface area contributed by atoms with Crippen LogP contribution in [0.2, 0.25) is 0 Å². The van der Waals surface area contributed by atoms with Crippen molar-refractivity contribution < 1.29 is 10.0 Å². The molecular weight excluding hydrogens is 225 g/mol. The maximum atomic E-state index is 9.34. The third kappa shape index (κ3) is 1.80. The van der Waals surface area contributed by atoms with Crippen molar-refractivity contribution in [1.82, 2.24) is 4.90 Å². The second kappa shape index (κ2) is 4.09. The van der Waals surface area contributed by atoms with Crippen LogP contribution in [0, 0.1) is 0 Å². The van der Waals surface area contributed by atoms with E-state index in [9.17, 15) is 10.0 Å². The Morgan fingerprint density at radius 1 is 1.22 bits per heavy atom. The fraction of sp³-hybridized carbons (Fsp3) is 0.571. The quantitative estimate of drug-likeness (QED) is 0.757. The maximum Gasteiger partial charge on any atom is 0.488 e. The van der Waals surface area contributed by atoms with Crippen LogP contribution in [-0.2, 0) is 5.41 Å². The standard InChI is InChI=1S/C14H20BNO2/c1-16(2)13-5-6-14(7-8-14)12-9-10(15(17)18)3-4-11(12)13/h3-4,9,13,17-18H,5-8H2,1-2H3. The van der Waals surface area contributed by atoms with E-state index in [0.29, 0.717) is 16.9 Å². The van der Waals surface area contributed by atoms with Gasteiger partial charge in [0.1, 0.15) is 0 Å². The van der Waals surface area contributed by atoms with E-state index in [1.165, 1.54) is 36.8 Å². The summed E-state index contributed by atoms with van der Waals surface area (Å²) in [6.45, 7) is 0. The van der Waals surface area contributed by atoms with Gasteiger partial charge in [-0.2, -0.15) is 0 Å². The molecule has 0 aliphatic heterocycles. The van der Waals surface area contributed by atoms with E-state index in [2.05, 4.69) is 25.1 Å². The van der Waals surface area contributed by atoms with E-state index in [-0.39, 0.29) is 0 Å². The molecule has 1 fully saturated rings. The highest BCUT2D eigenvalue weighted by Gasteiger charge is 2.49. The van der Waals surface area contributed by atoms with Crippen LogP contribution >= 0.6 is 0 Å². The van der Waals surface area contributed by atoms with Crippen molar-refractivity contribution in [1.29, 1.82) is 0 Å². The summed E-state index contributed by atoms with van der Waals surface area (Å²) in [5.74, 6) is 0. The molecule has 0 saturated heterocycles. The zero-order chi connectivity index (χ0) is 12.9. The molecule has 2 aliphatic rings. The summed E-state index contributed by atoms with van der Waals surface area (Å²) < 4.78 is 0. The van der Waals surface area contributed by atoms with Gasteiger partial charge in [0.25, 0.3) is 0 Å². The van der Waals surface area contributed by atoms with Gasteiger partial charge in [-0.1, -0.05) is 18.2 Å². The number of fused-ring (bicyclic) bond motifs is 2. The summed E-state index contributed by atoms with van der Waals surface area (Å²) in [5.41, 5.74) is 3.72. The molecule has 1 atom stereocenters. The van der Waals surface area contributed by atoms with Crippen molar-refractivity contribution in [2.24, 2.45) is 0 Å². The minimum atomic E-state index is -1.36. The first-order valence-corrected chi connectivity index (χ1v) is 6.70. The monoisotopic (exact) mass is 245 g/mol. The minimum absolute atomic E-state index is 0.354. The van der Waals surface area contributed by atoms with Crippen molar-refractivity contribution in [2.45, 2.75) is 37.1 Å². The molecule has 0 radical (unpaired) electrons.